The molecule has 2 aliphatic rings. The van der Waals surface area contributed by atoms with Gasteiger partial charge in [-0.2, -0.15) is 0 Å². The number of halogens is 2. The number of ether oxygens (including phenoxy) is 1. The number of rotatable bonds is 4. The number of β-amino-alcohol motifs (C(OH)–C–C–N with tert-alkyl or cyclic N) is 1. The zero-order valence-electron chi connectivity index (χ0n) is 16.1. The molecule has 2 aromatic carbocycles. The van der Waals surface area contributed by atoms with Gasteiger partial charge in [-0.15, -0.1) is 0 Å². The minimum absolute atomic E-state index is 0. The number of nitrogens with zero attached hydrogens (tertiary/aromatic N) is 2. The summed E-state index contributed by atoms with van der Waals surface area (Å²) in [6.07, 6.45) is 4.23. The summed E-state index contributed by atoms with van der Waals surface area (Å²) in [7, 11) is 0. The lowest BCUT2D eigenvalue weighted by Crippen LogP contribution is -3.00. The Balaban J connectivity index is 0.00000225. The number of benzene rings is 2. The molecule has 4 nitrogen and oxygen atoms in total. The van der Waals surface area contributed by atoms with Gasteiger partial charge in [0.25, 0.3) is 11.6 Å². The fourth-order valence-corrected chi connectivity index (χ4v) is 4.16. The first-order valence-corrected chi connectivity index (χ1v) is 9.74. The third-order valence-electron chi connectivity index (χ3n) is 5.50. The van der Waals surface area contributed by atoms with Crippen LogP contribution in [0.2, 0.25) is 0 Å². The van der Waals surface area contributed by atoms with Gasteiger partial charge in [0.15, 0.2) is 6.54 Å². The zero-order valence-corrected chi connectivity index (χ0v) is 17.7. The molecule has 6 heteroatoms. The maximum Gasteiger partial charge on any atom is 0.271 e. The van der Waals surface area contributed by atoms with E-state index in [9.17, 15) is 9.50 Å². The van der Waals surface area contributed by atoms with Gasteiger partial charge in [-0.1, -0.05) is 0 Å². The Bertz CT molecular complexity index is 839. The molecule has 1 atom stereocenters. The van der Waals surface area contributed by atoms with E-state index in [2.05, 4.69) is 9.48 Å². The van der Waals surface area contributed by atoms with Crippen molar-refractivity contribution in [2.45, 2.75) is 38.3 Å². The molecule has 0 bridgehead atoms. The van der Waals surface area contributed by atoms with Crippen LogP contribution in [0.3, 0.4) is 0 Å². The molecular formula is C22H26BrFN2O2. The number of amidine groups is 1. The van der Waals surface area contributed by atoms with Gasteiger partial charge in [0.2, 0.25) is 0 Å². The van der Waals surface area contributed by atoms with Crippen LogP contribution in [0.4, 0.5) is 10.1 Å². The van der Waals surface area contributed by atoms with Crippen LogP contribution < -0.4 is 26.6 Å². The standard InChI is InChI=1S/C22H26FN2O2.BrH/c1-2-27-20-13-11-19(12-14-20)24-16-22(26,17-7-9-18(23)10-8-17)25-15-5-3-4-6-21(24)25;/h7-14,26H,2-6,15-16H2,1H3;1H/q+1;/p-1. The second kappa shape index (κ2) is 8.62. The molecule has 2 heterocycles. The Morgan fingerprint density at radius 1 is 1.07 bits per heavy atom. The van der Waals surface area contributed by atoms with Crippen molar-refractivity contribution < 1.29 is 35.8 Å². The summed E-state index contributed by atoms with van der Waals surface area (Å²) in [5.41, 5.74) is 0.626. The summed E-state index contributed by atoms with van der Waals surface area (Å²) < 4.78 is 21.1. The third-order valence-corrected chi connectivity index (χ3v) is 5.50. The van der Waals surface area contributed by atoms with E-state index in [-0.39, 0.29) is 22.8 Å². The Kier molecular flexibility index (Phi) is 6.40. The Morgan fingerprint density at radius 3 is 2.46 bits per heavy atom. The smallest absolute Gasteiger partial charge is 0.271 e. The Labute approximate surface area is 176 Å². The SMILES string of the molecule is CCOc1ccc(N2CC(O)(c3ccc(F)cc3)[N+]3=C2CCCCC3)cc1.[Br-]. The van der Waals surface area contributed by atoms with Crippen LogP contribution >= 0.6 is 0 Å². The third kappa shape index (κ3) is 3.80. The van der Waals surface area contributed by atoms with Gasteiger partial charge in [0, 0.05) is 12.0 Å². The van der Waals surface area contributed by atoms with Crippen molar-refractivity contribution in [1.29, 1.82) is 0 Å². The highest BCUT2D eigenvalue weighted by atomic mass is 79.9. The van der Waals surface area contributed by atoms with Crippen LogP contribution in [0.1, 0.15) is 38.2 Å². The molecule has 4 rings (SSSR count). The molecular weight excluding hydrogens is 423 g/mol. The minimum Gasteiger partial charge on any atom is -1.00 e. The lowest BCUT2D eigenvalue weighted by atomic mass is 10.0. The summed E-state index contributed by atoms with van der Waals surface area (Å²) in [6.45, 7) is 3.84. The molecule has 0 aliphatic carbocycles. The number of aliphatic hydroxyl groups is 1. The van der Waals surface area contributed by atoms with Gasteiger partial charge < -0.3 is 26.8 Å². The van der Waals surface area contributed by atoms with Crippen molar-refractivity contribution in [2.75, 3.05) is 24.6 Å². The van der Waals surface area contributed by atoms with Crippen LogP contribution in [0.5, 0.6) is 5.75 Å². The molecule has 0 amide bonds. The van der Waals surface area contributed by atoms with Gasteiger partial charge in [-0.05, 0) is 74.7 Å². The van der Waals surface area contributed by atoms with Crippen LogP contribution in [-0.4, -0.2) is 35.2 Å². The van der Waals surface area contributed by atoms with Gasteiger partial charge >= 0.3 is 0 Å². The molecule has 0 fully saturated rings. The summed E-state index contributed by atoms with van der Waals surface area (Å²) in [4.78, 5) is 2.20. The largest absolute Gasteiger partial charge is 1.00 e. The molecule has 28 heavy (non-hydrogen) atoms. The molecule has 150 valence electrons. The molecule has 0 saturated carbocycles. The molecule has 0 aromatic heterocycles. The van der Waals surface area contributed by atoms with E-state index >= 15 is 0 Å². The highest BCUT2D eigenvalue weighted by molar-refractivity contribution is 5.96. The molecule has 0 saturated heterocycles. The molecule has 2 aromatic rings. The Morgan fingerprint density at radius 2 is 1.79 bits per heavy atom. The molecule has 1 N–H and O–H groups in total. The van der Waals surface area contributed by atoms with Crippen LogP contribution in [0.15, 0.2) is 48.5 Å². The van der Waals surface area contributed by atoms with E-state index in [0.717, 1.165) is 55.1 Å². The summed E-state index contributed by atoms with van der Waals surface area (Å²) >= 11 is 0. The average Bonchev–Trinajstić information content (AvgIpc) is 2.84. The molecule has 0 spiro atoms. The predicted molar refractivity (Wildman–Crippen MR) is 104 cm³/mol. The molecule has 0 radical (unpaired) electrons. The average molecular weight is 449 g/mol. The first-order valence-electron chi connectivity index (χ1n) is 9.74. The Hall–Kier alpha value is -1.92. The van der Waals surface area contributed by atoms with Crippen molar-refractivity contribution in [3.8, 4) is 5.75 Å². The van der Waals surface area contributed by atoms with Crippen LogP contribution in [0.25, 0.3) is 0 Å². The summed E-state index contributed by atoms with van der Waals surface area (Å²) in [5.74, 6) is 1.70. The number of hydrogen-bond donors (Lipinski definition) is 1. The maximum absolute atomic E-state index is 13.4. The lowest BCUT2D eigenvalue weighted by Gasteiger charge is -2.23. The van der Waals surface area contributed by atoms with E-state index < -0.39 is 5.72 Å². The number of anilines is 1. The van der Waals surface area contributed by atoms with E-state index in [1.165, 1.54) is 12.1 Å². The van der Waals surface area contributed by atoms with Gasteiger partial charge in [-0.3, -0.25) is 0 Å². The van der Waals surface area contributed by atoms with E-state index in [0.29, 0.717) is 13.2 Å². The summed E-state index contributed by atoms with van der Waals surface area (Å²) in [5, 5.41) is 11.7. The second-order valence-electron chi connectivity index (χ2n) is 7.22. The highest BCUT2D eigenvalue weighted by Gasteiger charge is 2.51. The first kappa shape index (κ1) is 20.8. The van der Waals surface area contributed by atoms with E-state index in [4.69, 9.17) is 4.74 Å². The normalized spacial score (nSPS) is 21.8. The van der Waals surface area contributed by atoms with E-state index in [1.54, 1.807) is 12.1 Å². The fraction of sp³-hybridized carbons (Fsp3) is 0.409. The monoisotopic (exact) mass is 448 g/mol. The summed E-state index contributed by atoms with van der Waals surface area (Å²) in [6, 6.07) is 14.2. The van der Waals surface area contributed by atoms with Crippen molar-refractivity contribution in [1.82, 2.24) is 0 Å². The predicted octanol–water partition coefficient (Wildman–Crippen LogP) is 0.879. The minimum atomic E-state index is -1.15. The quantitative estimate of drug-likeness (QED) is 0.705. The van der Waals surface area contributed by atoms with Crippen molar-refractivity contribution in [3.05, 3.63) is 59.9 Å². The van der Waals surface area contributed by atoms with Crippen LogP contribution in [-0.2, 0) is 5.72 Å². The highest BCUT2D eigenvalue weighted by Crippen LogP contribution is 2.35. The topological polar surface area (TPSA) is 35.7 Å². The van der Waals surface area contributed by atoms with Gasteiger partial charge in [0.05, 0.1) is 13.2 Å². The number of hydrogen-bond acceptors (Lipinski definition) is 3. The fourth-order valence-electron chi connectivity index (χ4n) is 4.16. The van der Waals surface area contributed by atoms with Crippen molar-refractivity contribution >= 4 is 11.5 Å². The maximum atomic E-state index is 13.4. The second-order valence-corrected chi connectivity index (χ2v) is 7.22. The van der Waals surface area contributed by atoms with Crippen molar-refractivity contribution in [3.63, 3.8) is 0 Å². The first-order chi connectivity index (χ1) is 13.1. The molecule has 1 unspecified atom stereocenters. The van der Waals surface area contributed by atoms with Crippen molar-refractivity contribution in [2.24, 2.45) is 0 Å². The van der Waals surface area contributed by atoms with Gasteiger partial charge in [-0.25, -0.2) is 13.9 Å². The van der Waals surface area contributed by atoms with Crippen LogP contribution in [0, 0.1) is 5.82 Å². The molecule has 2 aliphatic heterocycles. The van der Waals surface area contributed by atoms with Gasteiger partial charge in [0.1, 0.15) is 17.3 Å². The zero-order chi connectivity index (χ0) is 18.9. The van der Waals surface area contributed by atoms with E-state index in [1.807, 2.05) is 31.2 Å². The lowest BCUT2D eigenvalue weighted by molar-refractivity contribution is -0.658.